The second-order valence-electron chi connectivity index (χ2n) is 4.21. The first kappa shape index (κ1) is 9.68. The fourth-order valence-electron chi connectivity index (χ4n) is 1.97. The number of aromatic nitrogens is 1. The molecule has 3 N–H and O–H groups in total. The lowest BCUT2D eigenvalue weighted by Crippen LogP contribution is -2.50. The molecule has 0 bridgehead atoms. The normalized spacial score (nSPS) is 31.6. The minimum Gasteiger partial charge on any atom is -0.445 e. The Kier molecular flexibility index (Phi) is 2.12. The van der Waals surface area contributed by atoms with Crippen molar-refractivity contribution in [3.05, 3.63) is 17.3 Å². The summed E-state index contributed by atoms with van der Waals surface area (Å²) >= 11 is 0. The molecule has 1 aliphatic rings. The summed E-state index contributed by atoms with van der Waals surface area (Å²) in [4.78, 5) is 4.35. The SMILES string of the molecule is Cc1nc(C2(CN)CC(O)C2)oc1C. The molecule has 1 saturated carbocycles. The summed E-state index contributed by atoms with van der Waals surface area (Å²) < 4.78 is 5.56. The van der Waals surface area contributed by atoms with E-state index in [1.807, 2.05) is 13.8 Å². The summed E-state index contributed by atoms with van der Waals surface area (Å²) in [6, 6.07) is 0. The van der Waals surface area contributed by atoms with Crippen molar-refractivity contribution in [3.63, 3.8) is 0 Å². The topological polar surface area (TPSA) is 72.3 Å². The van der Waals surface area contributed by atoms with Crippen LogP contribution in [0.4, 0.5) is 0 Å². The van der Waals surface area contributed by atoms with Crippen LogP contribution in [0.3, 0.4) is 0 Å². The first-order valence-corrected chi connectivity index (χ1v) is 4.90. The second kappa shape index (κ2) is 3.07. The molecule has 0 atom stereocenters. The van der Waals surface area contributed by atoms with Gasteiger partial charge in [-0.2, -0.15) is 0 Å². The molecule has 0 amide bonds. The van der Waals surface area contributed by atoms with Gasteiger partial charge in [-0.25, -0.2) is 4.98 Å². The fourth-order valence-corrected chi connectivity index (χ4v) is 1.97. The van der Waals surface area contributed by atoms with Crippen LogP contribution in [-0.4, -0.2) is 22.7 Å². The summed E-state index contributed by atoms with van der Waals surface area (Å²) in [5, 5.41) is 9.33. The molecule has 1 aliphatic carbocycles. The van der Waals surface area contributed by atoms with Crippen molar-refractivity contribution >= 4 is 0 Å². The van der Waals surface area contributed by atoms with Gasteiger partial charge in [0.2, 0.25) is 5.89 Å². The Balaban J connectivity index is 2.29. The van der Waals surface area contributed by atoms with E-state index in [9.17, 15) is 5.11 Å². The van der Waals surface area contributed by atoms with Gasteiger partial charge in [-0.3, -0.25) is 0 Å². The van der Waals surface area contributed by atoms with Crippen LogP contribution in [0, 0.1) is 13.8 Å². The quantitative estimate of drug-likeness (QED) is 0.728. The lowest BCUT2D eigenvalue weighted by Gasteiger charge is -2.41. The fraction of sp³-hybridized carbons (Fsp3) is 0.700. The zero-order valence-corrected chi connectivity index (χ0v) is 8.58. The van der Waals surface area contributed by atoms with Crippen molar-refractivity contribution in [1.29, 1.82) is 0 Å². The predicted octanol–water partition coefficient (Wildman–Crippen LogP) is 0.643. The minimum absolute atomic E-state index is 0.210. The highest BCUT2D eigenvalue weighted by atomic mass is 16.4. The number of aliphatic hydroxyl groups excluding tert-OH is 1. The number of aliphatic hydroxyl groups is 1. The van der Waals surface area contributed by atoms with Gasteiger partial charge < -0.3 is 15.3 Å². The number of nitrogens with two attached hydrogens (primary N) is 1. The van der Waals surface area contributed by atoms with Gasteiger partial charge in [0.05, 0.1) is 17.2 Å². The van der Waals surface area contributed by atoms with Crippen LogP contribution < -0.4 is 5.73 Å². The molecule has 1 heterocycles. The summed E-state index contributed by atoms with van der Waals surface area (Å²) in [6.45, 7) is 4.30. The Labute approximate surface area is 83.1 Å². The number of nitrogens with zero attached hydrogens (tertiary/aromatic N) is 1. The van der Waals surface area contributed by atoms with Gasteiger partial charge in [0.15, 0.2) is 0 Å². The van der Waals surface area contributed by atoms with Crippen molar-refractivity contribution in [2.75, 3.05) is 6.54 Å². The molecule has 14 heavy (non-hydrogen) atoms. The molecule has 1 aromatic rings. The van der Waals surface area contributed by atoms with E-state index >= 15 is 0 Å². The molecule has 0 aliphatic heterocycles. The number of hydrogen-bond acceptors (Lipinski definition) is 4. The van der Waals surface area contributed by atoms with Crippen molar-refractivity contribution in [3.8, 4) is 0 Å². The molecule has 78 valence electrons. The molecular weight excluding hydrogens is 180 g/mol. The molecule has 0 unspecified atom stereocenters. The average molecular weight is 196 g/mol. The molecule has 2 rings (SSSR count). The Bertz CT molecular complexity index is 320. The van der Waals surface area contributed by atoms with Crippen LogP contribution >= 0.6 is 0 Å². The highest BCUT2D eigenvalue weighted by Crippen LogP contribution is 2.42. The molecule has 0 saturated heterocycles. The smallest absolute Gasteiger partial charge is 0.202 e. The molecule has 0 spiro atoms. The largest absolute Gasteiger partial charge is 0.445 e. The lowest BCUT2D eigenvalue weighted by molar-refractivity contribution is 0.00832. The van der Waals surface area contributed by atoms with Gasteiger partial charge in [0, 0.05) is 6.54 Å². The standard InChI is InChI=1S/C10H16N2O2/c1-6-7(2)14-9(12-6)10(5-11)3-8(13)4-10/h8,13H,3-5,11H2,1-2H3. The number of hydrogen-bond donors (Lipinski definition) is 2. The molecular formula is C10H16N2O2. The van der Waals surface area contributed by atoms with E-state index in [1.165, 1.54) is 0 Å². The zero-order chi connectivity index (χ0) is 10.3. The van der Waals surface area contributed by atoms with Crippen LogP contribution in [0.5, 0.6) is 0 Å². The van der Waals surface area contributed by atoms with Crippen molar-refractivity contribution in [1.82, 2.24) is 4.98 Å². The van der Waals surface area contributed by atoms with Crippen molar-refractivity contribution in [2.45, 2.75) is 38.2 Å². The van der Waals surface area contributed by atoms with E-state index in [2.05, 4.69) is 4.98 Å². The van der Waals surface area contributed by atoms with Gasteiger partial charge in [-0.15, -0.1) is 0 Å². The third-order valence-electron chi connectivity index (χ3n) is 3.13. The van der Waals surface area contributed by atoms with Crippen LogP contribution in [0.25, 0.3) is 0 Å². The molecule has 1 fully saturated rings. The third-order valence-corrected chi connectivity index (χ3v) is 3.13. The van der Waals surface area contributed by atoms with Gasteiger partial charge in [-0.1, -0.05) is 0 Å². The second-order valence-corrected chi connectivity index (χ2v) is 4.21. The van der Waals surface area contributed by atoms with E-state index in [0.29, 0.717) is 25.3 Å². The Morgan fingerprint density at radius 3 is 2.57 bits per heavy atom. The van der Waals surface area contributed by atoms with Gasteiger partial charge >= 0.3 is 0 Å². The predicted molar refractivity (Wildman–Crippen MR) is 52.0 cm³/mol. The highest BCUT2D eigenvalue weighted by molar-refractivity contribution is 5.18. The number of oxazole rings is 1. The third kappa shape index (κ3) is 1.26. The Morgan fingerprint density at radius 1 is 1.57 bits per heavy atom. The van der Waals surface area contributed by atoms with Crippen LogP contribution in [0.2, 0.25) is 0 Å². The van der Waals surface area contributed by atoms with Gasteiger partial charge in [0.25, 0.3) is 0 Å². The molecule has 0 aromatic carbocycles. The number of rotatable bonds is 2. The van der Waals surface area contributed by atoms with E-state index in [-0.39, 0.29) is 11.5 Å². The summed E-state index contributed by atoms with van der Waals surface area (Å²) in [6.07, 6.45) is 1.09. The maximum Gasteiger partial charge on any atom is 0.202 e. The van der Waals surface area contributed by atoms with Crippen molar-refractivity contribution in [2.24, 2.45) is 5.73 Å². The molecule has 0 radical (unpaired) electrons. The lowest BCUT2D eigenvalue weighted by atomic mass is 9.66. The molecule has 4 heteroatoms. The van der Waals surface area contributed by atoms with E-state index < -0.39 is 0 Å². The number of aryl methyl sites for hydroxylation is 2. The Morgan fingerprint density at radius 2 is 2.21 bits per heavy atom. The molecule has 1 aromatic heterocycles. The van der Waals surface area contributed by atoms with E-state index in [4.69, 9.17) is 10.2 Å². The van der Waals surface area contributed by atoms with Crippen LogP contribution in [0.1, 0.15) is 30.2 Å². The maximum atomic E-state index is 9.33. The van der Waals surface area contributed by atoms with E-state index in [1.54, 1.807) is 0 Å². The minimum atomic E-state index is -0.244. The summed E-state index contributed by atoms with van der Waals surface area (Å²) in [7, 11) is 0. The first-order valence-electron chi connectivity index (χ1n) is 4.90. The highest BCUT2D eigenvalue weighted by Gasteiger charge is 2.47. The Hall–Kier alpha value is -0.870. The van der Waals surface area contributed by atoms with Crippen LogP contribution in [-0.2, 0) is 5.41 Å². The zero-order valence-electron chi connectivity index (χ0n) is 8.58. The monoisotopic (exact) mass is 196 g/mol. The molecule has 4 nitrogen and oxygen atoms in total. The van der Waals surface area contributed by atoms with E-state index in [0.717, 1.165) is 11.5 Å². The van der Waals surface area contributed by atoms with Gasteiger partial charge in [-0.05, 0) is 26.7 Å². The average Bonchev–Trinajstić information content (AvgIpc) is 2.41. The maximum absolute atomic E-state index is 9.33. The van der Waals surface area contributed by atoms with Crippen molar-refractivity contribution < 1.29 is 9.52 Å². The first-order chi connectivity index (χ1) is 6.57. The van der Waals surface area contributed by atoms with Gasteiger partial charge in [0.1, 0.15) is 5.76 Å². The van der Waals surface area contributed by atoms with Crippen LogP contribution in [0.15, 0.2) is 4.42 Å². The summed E-state index contributed by atoms with van der Waals surface area (Å²) in [5.41, 5.74) is 6.41. The summed E-state index contributed by atoms with van der Waals surface area (Å²) in [5.74, 6) is 1.54.